The number of nitrogens with zero attached hydrogens (tertiary/aromatic N) is 1. The van der Waals surface area contributed by atoms with Crippen LogP contribution < -0.4 is 5.56 Å². The quantitative estimate of drug-likeness (QED) is 0.553. The van der Waals surface area contributed by atoms with Gasteiger partial charge in [0.25, 0.3) is 0 Å². The van der Waals surface area contributed by atoms with Gasteiger partial charge in [-0.2, -0.15) is 0 Å². The minimum absolute atomic E-state index is 0.148. The van der Waals surface area contributed by atoms with Gasteiger partial charge in [-0.05, 0) is 39.8 Å². The molecule has 0 saturated carbocycles. The van der Waals surface area contributed by atoms with E-state index < -0.39 is 11.5 Å². The van der Waals surface area contributed by atoms with Gasteiger partial charge < -0.3 is 14.3 Å². The molecule has 0 aliphatic rings. The number of aromatic amines is 1. The van der Waals surface area contributed by atoms with Gasteiger partial charge in [0.2, 0.25) is 11.3 Å². The summed E-state index contributed by atoms with van der Waals surface area (Å²) in [5, 5.41) is 0.576. The number of aromatic nitrogens is 2. The van der Waals surface area contributed by atoms with Gasteiger partial charge in [-0.3, -0.25) is 9.59 Å². The fourth-order valence-electron chi connectivity index (χ4n) is 3.51. The molecule has 140 valence electrons. The zero-order chi connectivity index (χ0) is 19.7. The summed E-state index contributed by atoms with van der Waals surface area (Å²) in [6.45, 7) is 7.55. The summed E-state index contributed by atoms with van der Waals surface area (Å²) in [6.07, 6.45) is 0. The Kier molecular flexibility index (Phi) is 4.99. The third kappa shape index (κ3) is 3.56. The fourth-order valence-corrected chi connectivity index (χ4v) is 3.51. The Morgan fingerprint density at radius 3 is 2.48 bits per heavy atom. The predicted molar refractivity (Wildman–Crippen MR) is 103 cm³/mol. The molecule has 3 rings (SSSR count). The molecule has 0 saturated heterocycles. The summed E-state index contributed by atoms with van der Waals surface area (Å²) >= 11 is 0. The van der Waals surface area contributed by atoms with Gasteiger partial charge in [-0.25, -0.2) is 4.79 Å². The Hall–Kier alpha value is -3.15. The van der Waals surface area contributed by atoms with E-state index in [0.29, 0.717) is 16.5 Å². The second-order valence-electron chi connectivity index (χ2n) is 6.84. The molecule has 0 bridgehead atoms. The van der Waals surface area contributed by atoms with E-state index >= 15 is 0 Å². The van der Waals surface area contributed by atoms with E-state index in [1.165, 1.54) is 6.07 Å². The maximum absolute atomic E-state index is 12.6. The molecule has 1 aromatic carbocycles. The van der Waals surface area contributed by atoms with Gasteiger partial charge in [0, 0.05) is 40.0 Å². The molecular formula is C21H22N2O4. The molecule has 6 nitrogen and oxygen atoms in total. The first-order valence-electron chi connectivity index (χ1n) is 8.80. The average Bonchev–Trinajstić information content (AvgIpc) is 2.93. The zero-order valence-corrected chi connectivity index (χ0v) is 15.8. The Balaban J connectivity index is 1.82. The normalized spacial score (nSPS) is 11.1. The number of rotatable bonds is 5. The van der Waals surface area contributed by atoms with Crippen LogP contribution in [-0.4, -0.2) is 27.9 Å². The average molecular weight is 366 g/mol. The van der Waals surface area contributed by atoms with Crippen LogP contribution in [0.25, 0.3) is 10.9 Å². The van der Waals surface area contributed by atoms with Crippen LogP contribution in [0.15, 0.2) is 41.2 Å². The van der Waals surface area contributed by atoms with Crippen LogP contribution in [0, 0.1) is 13.8 Å². The molecule has 2 heterocycles. The fraction of sp³-hybridized carbons (Fsp3) is 0.286. The van der Waals surface area contributed by atoms with Crippen LogP contribution in [0.1, 0.15) is 52.0 Å². The Morgan fingerprint density at radius 1 is 1.11 bits per heavy atom. The van der Waals surface area contributed by atoms with Crippen LogP contribution in [-0.2, 0) is 4.74 Å². The number of fused-ring (bicyclic) bond motifs is 1. The van der Waals surface area contributed by atoms with Crippen LogP contribution in [0.4, 0.5) is 0 Å². The second kappa shape index (κ2) is 7.23. The highest BCUT2D eigenvalue weighted by Crippen LogP contribution is 2.21. The highest BCUT2D eigenvalue weighted by molar-refractivity contribution is 6.05. The topological polar surface area (TPSA) is 81.2 Å². The molecule has 0 unspecified atom stereocenters. The molecule has 0 radical (unpaired) electrons. The first-order valence-corrected chi connectivity index (χ1v) is 8.80. The number of benzene rings is 1. The molecule has 27 heavy (non-hydrogen) atoms. The standard InChI is InChI=1S/C21H22N2O4/c1-12(2)23-13(3)9-16(14(23)4)19(24)11-27-21(26)17-10-20(25)22-18-8-6-5-7-15(17)18/h5-10,12H,11H2,1-4H3,(H,22,25). The van der Waals surface area contributed by atoms with E-state index in [4.69, 9.17) is 4.74 Å². The summed E-state index contributed by atoms with van der Waals surface area (Å²) in [4.78, 5) is 39.5. The molecule has 0 spiro atoms. The molecule has 0 aliphatic heterocycles. The largest absolute Gasteiger partial charge is 0.454 e. The van der Waals surface area contributed by atoms with Gasteiger partial charge >= 0.3 is 5.97 Å². The van der Waals surface area contributed by atoms with Crippen molar-refractivity contribution in [1.82, 2.24) is 9.55 Å². The van der Waals surface area contributed by atoms with Gasteiger partial charge in [-0.15, -0.1) is 0 Å². The number of aryl methyl sites for hydroxylation is 1. The summed E-state index contributed by atoms with van der Waals surface area (Å²) in [5.41, 5.74) is 2.68. The lowest BCUT2D eigenvalue weighted by molar-refractivity contribution is 0.0476. The monoisotopic (exact) mass is 366 g/mol. The van der Waals surface area contributed by atoms with E-state index in [1.54, 1.807) is 24.3 Å². The van der Waals surface area contributed by atoms with Crippen LogP contribution in [0.3, 0.4) is 0 Å². The van der Waals surface area contributed by atoms with Crippen molar-refractivity contribution in [2.24, 2.45) is 0 Å². The summed E-state index contributed by atoms with van der Waals surface area (Å²) < 4.78 is 7.29. The van der Waals surface area contributed by atoms with Crippen LogP contribution >= 0.6 is 0 Å². The van der Waals surface area contributed by atoms with E-state index in [0.717, 1.165) is 11.4 Å². The molecular weight excluding hydrogens is 344 g/mol. The van der Waals surface area contributed by atoms with Gasteiger partial charge in [-0.1, -0.05) is 18.2 Å². The smallest absolute Gasteiger partial charge is 0.339 e. The summed E-state index contributed by atoms with van der Waals surface area (Å²) in [7, 11) is 0. The van der Waals surface area contributed by atoms with Crippen molar-refractivity contribution >= 4 is 22.7 Å². The molecule has 1 N–H and O–H groups in total. The number of H-pyrrole nitrogens is 1. The number of Topliss-reactive ketones (excluding diaryl/α,β-unsaturated/α-hetero) is 1. The zero-order valence-electron chi connectivity index (χ0n) is 15.8. The van der Waals surface area contributed by atoms with Gasteiger partial charge in [0.1, 0.15) is 0 Å². The third-order valence-corrected chi connectivity index (χ3v) is 4.61. The molecule has 0 fully saturated rings. The number of hydrogen-bond donors (Lipinski definition) is 1. The van der Waals surface area contributed by atoms with Crippen molar-refractivity contribution in [1.29, 1.82) is 0 Å². The maximum atomic E-state index is 12.6. The number of hydrogen-bond acceptors (Lipinski definition) is 4. The number of pyridine rings is 1. The van der Waals surface area contributed by atoms with E-state index in [9.17, 15) is 14.4 Å². The Morgan fingerprint density at radius 2 is 1.81 bits per heavy atom. The highest BCUT2D eigenvalue weighted by atomic mass is 16.5. The minimum atomic E-state index is -0.691. The molecule has 3 aromatic rings. The van der Waals surface area contributed by atoms with Gasteiger partial charge in [0.05, 0.1) is 5.56 Å². The highest BCUT2D eigenvalue weighted by Gasteiger charge is 2.20. The molecule has 0 amide bonds. The van der Waals surface area contributed by atoms with Gasteiger partial charge in [0.15, 0.2) is 6.61 Å². The number of carbonyl (C=O) groups is 2. The number of nitrogens with one attached hydrogen (secondary N) is 1. The van der Waals surface area contributed by atoms with Crippen LogP contribution in [0.5, 0.6) is 0 Å². The second-order valence-corrected chi connectivity index (χ2v) is 6.84. The molecule has 2 aromatic heterocycles. The van der Waals surface area contributed by atoms with E-state index in [1.807, 2.05) is 33.8 Å². The minimum Gasteiger partial charge on any atom is -0.454 e. The molecule has 0 atom stereocenters. The number of carbonyl (C=O) groups excluding carboxylic acids is 2. The lowest BCUT2D eigenvalue weighted by atomic mass is 10.1. The maximum Gasteiger partial charge on any atom is 0.339 e. The Labute approximate surface area is 156 Å². The molecule has 6 heteroatoms. The number of ether oxygens (including phenoxy) is 1. The van der Waals surface area contributed by atoms with Crippen molar-refractivity contribution in [3.8, 4) is 0 Å². The third-order valence-electron chi connectivity index (χ3n) is 4.61. The van der Waals surface area contributed by atoms with E-state index in [-0.39, 0.29) is 24.0 Å². The number of para-hydroxylation sites is 1. The Bertz CT molecular complexity index is 1090. The summed E-state index contributed by atoms with van der Waals surface area (Å²) in [5.74, 6) is -0.958. The lowest BCUT2D eigenvalue weighted by Gasteiger charge is -2.13. The van der Waals surface area contributed by atoms with Crippen LogP contribution in [0.2, 0.25) is 0 Å². The van der Waals surface area contributed by atoms with Crippen molar-refractivity contribution in [2.45, 2.75) is 33.7 Å². The van der Waals surface area contributed by atoms with Crippen molar-refractivity contribution < 1.29 is 14.3 Å². The lowest BCUT2D eigenvalue weighted by Crippen LogP contribution is -2.17. The number of ketones is 1. The first-order chi connectivity index (χ1) is 12.8. The summed E-state index contributed by atoms with van der Waals surface area (Å²) in [6, 6.07) is 10.2. The molecule has 0 aliphatic carbocycles. The van der Waals surface area contributed by atoms with Crippen molar-refractivity contribution in [3.63, 3.8) is 0 Å². The van der Waals surface area contributed by atoms with Crippen molar-refractivity contribution in [3.05, 3.63) is 69.3 Å². The van der Waals surface area contributed by atoms with Crippen molar-refractivity contribution in [2.75, 3.05) is 6.61 Å². The number of esters is 1. The predicted octanol–water partition coefficient (Wildman–Crippen LogP) is 3.57. The SMILES string of the molecule is Cc1cc(C(=O)COC(=O)c2cc(=O)[nH]c3ccccc23)c(C)n1C(C)C. The first kappa shape index (κ1) is 18.6. The van der Waals surface area contributed by atoms with E-state index in [2.05, 4.69) is 9.55 Å².